The molecule has 2 aliphatic heterocycles. The molecule has 0 N–H and O–H groups in total. The highest BCUT2D eigenvalue weighted by molar-refractivity contribution is 4.80. The van der Waals surface area contributed by atoms with E-state index in [1.54, 1.807) is 0 Å². The monoisotopic (exact) mass is 434 g/mol. The van der Waals surface area contributed by atoms with E-state index in [-0.39, 0.29) is 11.8 Å². The van der Waals surface area contributed by atoms with Crippen molar-refractivity contribution < 1.29 is 37.9 Å². The summed E-state index contributed by atoms with van der Waals surface area (Å²) in [5, 5.41) is 0. The van der Waals surface area contributed by atoms with Gasteiger partial charge in [-0.1, -0.05) is 13.8 Å². The molecule has 2 saturated heterocycles. The molecule has 2 fully saturated rings. The Morgan fingerprint density at radius 1 is 0.400 bits per heavy atom. The van der Waals surface area contributed by atoms with Crippen LogP contribution in [0.2, 0.25) is 0 Å². The Labute approximate surface area is 181 Å². The van der Waals surface area contributed by atoms with Crippen LogP contribution in [0.5, 0.6) is 0 Å². The maximum Gasteiger partial charge on any atom is 0.0701 e. The van der Waals surface area contributed by atoms with Gasteiger partial charge in [0.05, 0.1) is 106 Å². The first kappa shape index (κ1) is 25.9. The fourth-order valence-electron chi connectivity index (χ4n) is 4.07. The summed E-state index contributed by atoms with van der Waals surface area (Å²) in [6.07, 6.45) is 0. The molecule has 178 valence electrons. The second kappa shape index (κ2) is 17.3. The molecule has 30 heavy (non-hydrogen) atoms. The van der Waals surface area contributed by atoms with Crippen molar-refractivity contribution in [1.29, 1.82) is 0 Å². The number of ether oxygens (including phenoxy) is 8. The average Bonchev–Trinajstić information content (AvgIpc) is 2.77. The highest BCUT2D eigenvalue weighted by atomic mass is 16.6. The lowest BCUT2D eigenvalue weighted by atomic mass is 9.75. The standard InChI is InChI=1S/C22H42O8/c1-19(2)22(20-15-27-11-7-23-3-4-24-8-12-28-16-20)21-17-29-13-9-25-5-6-26-10-14-30-18-21/h19-22H,3-18H2,1-2H3. The van der Waals surface area contributed by atoms with E-state index in [9.17, 15) is 0 Å². The van der Waals surface area contributed by atoms with E-state index in [2.05, 4.69) is 13.8 Å². The molecule has 2 rings (SSSR count). The van der Waals surface area contributed by atoms with Crippen LogP contribution in [0.25, 0.3) is 0 Å². The highest BCUT2D eigenvalue weighted by Gasteiger charge is 2.33. The third-order valence-electron chi connectivity index (χ3n) is 5.42. The van der Waals surface area contributed by atoms with Crippen LogP contribution in [0.4, 0.5) is 0 Å². The van der Waals surface area contributed by atoms with Crippen LogP contribution in [0.15, 0.2) is 0 Å². The van der Waals surface area contributed by atoms with E-state index in [1.807, 2.05) is 0 Å². The summed E-state index contributed by atoms with van der Waals surface area (Å²) in [7, 11) is 0. The molecule has 2 aliphatic rings. The van der Waals surface area contributed by atoms with Crippen molar-refractivity contribution in [3.05, 3.63) is 0 Å². The van der Waals surface area contributed by atoms with Crippen LogP contribution in [-0.2, 0) is 37.9 Å². The Morgan fingerprint density at radius 2 is 0.633 bits per heavy atom. The van der Waals surface area contributed by atoms with Crippen LogP contribution in [0.1, 0.15) is 13.8 Å². The first-order chi connectivity index (χ1) is 14.8. The number of hydrogen-bond acceptors (Lipinski definition) is 8. The van der Waals surface area contributed by atoms with E-state index >= 15 is 0 Å². The topological polar surface area (TPSA) is 73.8 Å². The molecular formula is C22H42O8. The zero-order chi connectivity index (χ0) is 21.3. The van der Waals surface area contributed by atoms with E-state index in [0.29, 0.717) is 118 Å². The summed E-state index contributed by atoms with van der Waals surface area (Å²) in [4.78, 5) is 0. The molecular weight excluding hydrogens is 392 g/mol. The van der Waals surface area contributed by atoms with E-state index < -0.39 is 0 Å². The molecule has 0 aromatic carbocycles. The molecule has 0 spiro atoms. The normalized spacial score (nSPS) is 24.8. The zero-order valence-corrected chi connectivity index (χ0v) is 18.9. The molecule has 0 bridgehead atoms. The molecule has 0 saturated carbocycles. The summed E-state index contributed by atoms with van der Waals surface area (Å²) in [6.45, 7) is 14.0. The lowest BCUT2D eigenvalue weighted by Gasteiger charge is -2.36. The first-order valence-corrected chi connectivity index (χ1v) is 11.4. The molecule has 0 aromatic heterocycles. The van der Waals surface area contributed by atoms with Gasteiger partial charge in [0.15, 0.2) is 0 Å². The Kier molecular flexibility index (Phi) is 14.9. The van der Waals surface area contributed by atoms with E-state index in [0.717, 1.165) is 0 Å². The van der Waals surface area contributed by atoms with Crippen molar-refractivity contribution in [3.63, 3.8) is 0 Å². The fourth-order valence-corrected chi connectivity index (χ4v) is 4.07. The van der Waals surface area contributed by atoms with Gasteiger partial charge in [-0.2, -0.15) is 0 Å². The maximum absolute atomic E-state index is 5.97. The predicted octanol–water partition coefficient (Wildman–Crippen LogP) is 1.65. The van der Waals surface area contributed by atoms with E-state index in [1.165, 1.54) is 0 Å². The molecule has 2 heterocycles. The summed E-state index contributed by atoms with van der Waals surface area (Å²) < 4.78 is 46.0. The number of hydrogen-bond donors (Lipinski definition) is 0. The SMILES string of the molecule is CC(C)C(C1COCCOCCOCCOC1)C1COCCOCCOCCOC1. The summed E-state index contributed by atoms with van der Waals surface area (Å²) in [5.41, 5.74) is 0. The van der Waals surface area contributed by atoms with Gasteiger partial charge in [-0.15, -0.1) is 0 Å². The van der Waals surface area contributed by atoms with Gasteiger partial charge in [0.25, 0.3) is 0 Å². The van der Waals surface area contributed by atoms with Gasteiger partial charge in [0.2, 0.25) is 0 Å². The molecule has 0 amide bonds. The molecule has 8 heteroatoms. The summed E-state index contributed by atoms with van der Waals surface area (Å²) >= 11 is 0. The van der Waals surface area contributed by atoms with Gasteiger partial charge in [-0.05, 0) is 11.8 Å². The van der Waals surface area contributed by atoms with Crippen LogP contribution in [-0.4, -0.2) is 106 Å². The minimum absolute atomic E-state index is 0.242. The third-order valence-corrected chi connectivity index (χ3v) is 5.42. The maximum atomic E-state index is 5.97. The van der Waals surface area contributed by atoms with Crippen molar-refractivity contribution in [3.8, 4) is 0 Å². The van der Waals surface area contributed by atoms with Gasteiger partial charge < -0.3 is 37.9 Å². The molecule has 0 aromatic rings. The minimum atomic E-state index is 0.242. The van der Waals surface area contributed by atoms with Crippen molar-refractivity contribution in [1.82, 2.24) is 0 Å². The second-order valence-corrected chi connectivity index (χ2v) is 8.09. The molecule has 0 atom stereocenters. The fraction of sp³-hybridized carbons (Fsp3) is 1.00. The molecule has 0 unspecified atom stereocenters. The minimum Gasteiger partial charge on any atom is -0.379 e. The van der Waals surface area contributed by atoms with Gasteiger partial charge in [-0.3, -0.25) is 0 Å². The van der Waals surface area contributed by atoms with Crippen molar-refractivity contribution >= 4 is 0 Å². The van der Waals surface area contributed by atoms with Crippen LogP contribution in [0.3, 0.4) is 0 Å². The average molecular weight is 435 g/mol. The number of rotatable bonds is 3. The van der Waals surface area contributed by atoms with Crippen LogP contribution >= 0.6 is 0 Å². The van der Waals surface area contributed by atoms with Crippen molar-refractivity contribution in [2.75, 3.05) is 106 Å². The van der Waals surface area contributed by atoms with Gasteiger partial charge in [-0.25, -0.2) is 0 Å². The Balaban J connectivity index is 1.99. The zero-order valence-electron chi connectivity index (χ0n) is 18.9. The summed E-state index contributed by atoms with van der Waals surface area (Å²) in [6, 6.07) is 0. The first-order valence-electron chi connectivity index (χ1n) is 11.4. The Morgan fingerprint density at radius 3 is 0.867 bits per heavy atom. The quantitative estimate of drug-likeness (QED) is 0.664. The van der Waals surface area contributed by atoms with Crippen molar-refractivity contribution in [2.24, 2.45) is 23.7 Å². The lowest BCUT2D eigenvalue weighted by Crippen LogP contribution is -2.39. The molecule has 8 nitrogen and oxygen atoms in total. The van der Waals surface area contributed by atoms with Crippen LogP contribution < -0.4 is 0 Å². The van der Waals surface area contributed by atoms with E-state index in [4.69, 9.17) is 37.9 Å². The van der Waals surface area contributed by atoms with Crippen LogP contribution in [0, 0.1) is 23.7 Å². The molecule has 0 aliphatic carbocycles. The van der Waals surface area contributed by atoms with Gasteiger partial charge >= 0.3 is 0 Å². The lowest BCUT2D eigenvalue weighted by molar-refractivity contribution is -0.0610. The van der Waals surface area contributed by atoms with Gasteiger partial charge in [0, 0.05) is 11.8 Å². The Bertz CT molecular complexity index is 335. The largest absolute Gasteiger partial charge is 0.379 e. The Hall–Kier alpha value is -0.320. The second-order valence-electron chi connectivity index (χ2n) is 8.09. The third kappa shape index (κ3) is 11.3. The van der Waals surface area contributed by atoms with Crippen molar-refractivity contribution in [2.45, 2.75) is 13.8 Å². The predicted molar refractivity (Wildman–Crippen MR) is 112 cm³/mol. The van der Waals surface area contributed by atoms with Gasteiger partial charge in [0.1, 0.15) is 0 Å². The highest BCUT2D eigenvalue weighted by Crippen LogP contribution is 2.31. The smallest absolute Gasteiger partial charge is 0.0701 e. The summed E-state index contributed by atoms with van der Waals surface area (Å²) in [5.74, 6) is 1.26. The molecule has 0 radical (unpaired) electrons.